The van der Waals surface area contributed by atoms with Crippen molar-refractivity contribution in [1.82, 2.24) is 0 Å². The van der Waals surface area contributed by atoms with Gasteiger partial charge in [-0.1, -0.05) is 42.5 Å². The van der Waals surface area contributed by atoms with Crippen LogP contribution in [0.1, 0.15) is 16.7 Å². The minimum absolute atomic E-state index is 0. The first-order valence-corrected chi connectivity index (χ1v) is 7.02. The molecule has 5 heteroatoms. The quantitative estimate of drug-likeness (QED) is 0.697. The summed E-state index contributed by atoms with van der Waals surface area (Å²) in [6.45, 7) is 0.334. The molecular formula is C17H19BrN2O2. The van der Waals surface area contributed by atoms with E-state index in [1.807, 2.05) is 24.3 Å². The van der Waals surface area contributed by atoms with E-state index in [1.165, 1.54) is 22.3 Å². The van der Waals surface area contributed by atoms with Crippen LogP contribution >= 0.6 is 17.0 Å². The van der Waals surface area contributed by atoms with Crippen LogP contribution in [0.15, 0.2) is 42.5 Å². The maximum Gasteiger partial charge on any atom is 0.324 e. The molecule has 4 N–H and O–H groups in total. The number of carbonyl (C=O) groups excluding carboxylic acids is 1. The fourth-order valence-corrected chi connectivity index (χ4v) is 2.71. The van der Waals surface area contributed by atoms with Gasteiger partial charge in [-0.2, -0.15) is 0 Å². The van der Waals surface area contributed by atoms with Gasteiger partial charge in [0.15, 0.2) is 0 Å². The summed E-state index contributed by atoms with van der Waals surface area (Å²) >= 11 is 0. The molecule has 1 aliphatic rings. The van der Waals surface area contributed by atoms with Crippen molar-refractivity contribution >= 4 is 23.0 Å². The second kappa shape index (κ2) is 7.05. The average molecular weight is 363 g/mol. The smallest absolute Gasteiger partial charge is 0.324 e. The highest BCUT2D eigenvalue weighted by atomic mass is 79.9. The minimum Gasteiger partial charge on any atom is -0.460 e. The van der Waals surface area contributed by atoms with Crippen LogP contribution in [0.2, 0.25) is 0 Å². The highest BCUT2D eigenvalue weighted by Gasteiger charge is 2.21. The summed E-state index contributed by atoms with van der Waals surface area (Å²) in [5.41, 5.74) is 17.0. The maximum atomic E-state index is 11.6. The maximum absolute atomic E-state index is 11.6. The SMILES string of the molecule is Br.NCC(N)C(=O)OCc1cccc2c1Cc1ccccc1-2. The lowest BCUT2D eigenvalue weighted by molar-refractivity contribution is -0.146. The fourth-order valence-electron chi connectivity index (χ4n) is 2.71. The second-order valence-corrected chi connectivity index (χ2v) is 5.23. The molecule has 0 aliphatic heterocycles. The molecule has 0 amide bonds. The van der Waals surface area contributed by atoms with Gasteiger partial charge >= 0.3 is 5.97 Å². The Hall–Kier alpha value is -1.69. The summed E-state index contributed by atoms with van der Waals surface area (Å²) in [7, 11) is 0. The van der Waals surface area contributed by atoms with E-state index in [2.05, 4.69) is 18.2 Å². The van der Waals surface area contributed by atoms with Crippen molar-refractivity contribution in [3.05, 3.63) is 59.2 Å². The standard InChI is InChI=1S/C17H18N2O2.BrH/c18-9-16(19)17(20)21-10-12-5-3-7-14-13-6-2-1-4-11(13)8-15(12)14;/h1-7,16H,8-10,18-19H2;1H. The van der Waals surface area contributed by atoms with E-state index in [0.29, 0.717) is 0 Å². The largest absolute Gasteiger partial charge is 0.460 e. The average Bonchev–Trinajstić information content (AvgIpc) is 2.91. The van der Waals surface area contributed by atoms with Crippen molar-refractivity contribution in [2.45, 2.75) is 19.1 Å². The number of ether oxygens (including phenoxy) is 1. The molecule has 2 aromatic rings. The van der Waals surface area contributed by atoms with E-state index >= 15 is 0 Å². The van der Waals surface area contributed by atoms with E-state index in [-0.39, 0.29) is 30.1 Å². The Morgan fingerprint density at radius 1 is 1.14 bits per heavy atom. The third kappa shape index (κ3) is 3.06. The van der Waals surface area contributed by atoms with Gasteiger partial charge in [0.2, 0.25) is 0 Å². The number of carbonyl (C=O) groups is 1. The first-order valence-electron chi connectivity index (χ1n) is 7.02. The molecule has 0 saturated heterocycles. The first-order chi connectivity index (χ1) is 10.2. The van der Waals surface area contributed by atoms with Gasteiger partial charge in [0.1, 0.15) is 12.6 Å². The van der Waals surface area contributed by atoms with Gasteiger partial charge in [0.05, 0.1) is 0 Å². The van der Waals surface area contributed by atoms with Gasteiger partial charge < -0.3 is 16.2 Å². The number of benzene rings is 2. The van der Waals surface area contributed by atoms with Crippen molar-refractivity contribution < 1.29 is 9.53 Å². The minimum atomic E-state index is -0.751. The summed E-state index contributed by atoms with van der Waals surface area (Å²) < 4.78 is 5.26. The molecule has 1 atom stereocenters. The summed E-state index contributed by atoms with van der Waals surface area (Å²) in [5, 5.41) is 0. The normalized spacial score (nSPS) is 12.8. The zero-order valence-electron chi connectivity index (χ0n) is 12.1. The molecule has 116 valence electrons. The molecule has 22 heavy (non-hydrogen) atoms. The van der Waals surface area contributed by atoms with Crippen molar-refractivity contribution in [2.75, 3.05) is 6.54 Å². The van der Waals surface area contributed by atoms with E-state index in [9.17, 15) is 4.79 Å². The van der Waals surface area contributed by atoms with Crippen molar-refractivity contribution in [1.29, 1.82) is 0 Å². The lowest BCUT2D eigenvalue weighted by Crippen LogP contribution is -2.39. The lowest BCUT2D eigenvalue weighted by atomic mass is 10.0. The van der Waals surface area contributed by atoms with Crippen LogP contribution < -0.4 is 11.5 Å². The Morgan fingerprint density at radius 3 is 2.64 bits per heavy atom. The monoisotopic (exact) mass is 362 g/mol. The highest BCUT2D eigenvalue weighted by Crippen LogP contribution is 2.38. The molecule has 0 fully saturated rings. The van der Waals surface area contributed by atoms with E-state index in [4.69, 9.17) is 16.2 Å². The molecule has 4 nitrogen and oxygen atoms in total. The van der Waals surface area contributed by atoms with E-state index in [1.54, 1.807) is 0 Å². The van der Waals surface area contributed by atoms with Gasteiger partial charge in [0, 0.05) is 6.54 Å². The molecule has 0 saturated carbocycles. The number of nitrogens with two attached hydrogens (primary N) is 2. The number of hydrogen-bond acceptors (Lipinski definition) is 4. The predicted molar refractivity (Wildman–Crippen MR) is 91.8 cm³/mol. The summed E-state index contributed by atoms with van der Waals surface area (Å²) in [6, 6.07) is 13.7. The zero-order valence-corrected chi connectivity index (χ0v) is 13.8. The zero-order chi connectivity index (χ0) is 14.8. The van der Waals surface area contributed by atoms with Crippen molar-refractivity contribution in [3.63, 3.8) is 0 Å². The van der Waals surface area contributed by atoms with Crippen molar-refractivity contribution in [3.8, 4) is 11.1 Å². The number of hydrogen-bond donors (Lipinski definition) is 2. The predicted octanol–water partition coefficient (Wildman–Crippen LogP) is 2.16. The van der Waals surface area contributed by atoms with Gasteiger partial charge in [-0.05, 0) is 34.2 Å². The third-order valence-corrected chi connectivity index (χ3v) is 3.87. The number of halogens is 1. The lowest BCUT2D eigenvalue weighted by Gasteiger charge is -2.12. The van der Waals surface area contributed by atoms with Gasteiger partial charge in [0.25, 0.3) is 0 Å². The molecule has 3 rings (SSSR count). The Labute approximate surface area is 140 Å². The molecule has 0 radical (unpaired) electrons. The Kier molecular flexibility index (Phi) is 5.34. The molecule has 1 aliphatic carbocycles. The van der Waals surface area contributed by atoms with Crippen molar-refractivity contribution in [2.24, 2.45) is 11.5 Å². The number of fused-ring (bicyclic) bond motifs is 3. The van der Waals surface area contributed by atoms with Gasteiger partial charge in [-0.15, -0.1) is 17.0 Å². The molecule has 2 aromatic carbocycles. The molecule has 0 spiro atoms. The topological polar surface area (TPSA) is 78.3 Å². The van der Waals surface area contributed by atoms with Gasteiger partial charge in [-0.3, -0.25) is 4.79 Å². The van der Waals surface area contributed by atoms with Gasteiger partial charge in [-0.25, -0.2) is 0 Å². The molecular weight excluding hydrogens is 344 g/mol. The second-order valence-electron chi connectivity index (χ2n) is 5.23. The Balaban J connectivity index is 0.00000176. The van der Waals surface area contributed by atoms with Crippen LogP contribution in [0, 0.1) is 0 Å². The fraction of sp³-hybridized carbons (Fsp3) is 0.235. The number of esters is 1. The molecule has 0 bridgehead atoms. The summed E-state index contributed by atoms with van der Waals surface area (Å²) in [4.78, 5) is 11.6. The van der Waals surface area contributed by atoms with E-state index < -0.39 is 12.0 Å². The third-order valence-electron chi connectivity index (χ3n) is 3.87. The summed E-state index contributed by atoms with van der Waals surface area (Å²) in [5.74, 6) is -0.453. The van der Waals surface area contributed by atoms with Crippen LogP contribution in [0.5, 0.6) is 0 Å². The van der Waals surface area contributed by atoms with Crippen LogP contribution in [-0.2, 0) is 22.6 Å². The first kappa shape index (κ1) is 16.7. The Morgan fingerprint density at radius 2 is 1.86 bits per heavy atom. The number of rotatable bonds is 4. The Bertz CT molecular complexity index is 688. The van der Waals surface area contributed by atoms with E-state index in [0.717, 1.165) is 12.0 Å². The highest BCUT2D eigenvalue weighted by molar-refractivity contribution is 8.93. The molecule has 1 unspecified atom stereocenters. The van der Waals surface area contributed by atoms with Crippen LogP contribution in [-0.4, -0.2) is 18.6 Å². The van der Waals surface area contributed by atoms with Crippen LogP contribution in [0.4, 0.5) is 0 Å². The summed E-state index contributed by atoms with van der Waals surface area (Å²) in [6.07, 6.45) is 0.877. The van der Waals surface area contributed by atoms with Crippen LogP contribution in [0.25, 0.3) is 11.1 Å². The molecule has 0 aromatic heterocycles. The molecule has 0 heterocycles. The van der Waals surface area contributed by atoms with Crippen LogP contribution in [0.3, 0.4) is 0 Å².